The Morgan fingerprint density at radius 1 is 1.18 bits per heavy atom. The van der Waals surface area contributed by atoms with Crippen molar-refractivity contribution in [3.63, 3.8) is 0 Å². The van der Waals surface area contributed by atoms with Crippen LogP contribution in [0.1, 0.15) is 15.9 Å². The molecule has 7 nitrogen and oxygen atoms in total. The molecule has 3 aromatic rings. The van der Waals surface area contributed by atoms with Gasteiger partial charge in [-0.2, -0.15) is 18.2 Å². The third-order valence-electron chi connectivity index (χ3n) is 3.82. The molecule has 0 unspecified atom stereocenters. The van der Waals surface area contributed by atoms with Gasteiger partial charge in [-0.15, -0.1) is 5.10 Å². The van der Waals surface area contributed by atoms with Crippen LogP contribution >= 0.6 is 0 Å². The summed E-state index contributed by atoms with van der Waals surface area (Å²) in [5, 5.41) is 10.8. The Morgan fingerprint density at radius 3 is 2.39 bits per heavy atom. The lowest BCUT2D eigenvalue weighted by Crippen LogP contribution is -2.17. The number of hydrogen-bond acceptors (Lipinski definition) is 5. The number of aromatic amines is 1. The van der Waals surface area contributed by atoms with E-state index >= 15 is 0 Å². The number of nitrogens with two attached hydrogens (primary N) is 1. The molecular formula is C17H14F4N6O. The highest BCUT2D eigenvalue weighted by molar-refractivity contribution is 5.94. The highest BCUT2D eigenvalue weighted by Gasteiger charge is 2.36. The van der Waals surface area contributed by atoms with Crippen molar-refractivity contribution in [1.82, 2.24) is 20.5 Å². The minimum atomic E-state index is -4.83. The second-order valence-electron chi connectivity index (χ2n) is 5.70. The van der Waals surface area contributed by atoms with Gasteiger partial charge in [0.25, 0.3) is 5.91 Å². The van der Waals surface area contributed by atoms with Gasteiger partial charge in [-0.1, -0.05) is 12.1 Å². The van der Waals surface area contributed by atoms with E-state index in [1.54, 1.807) is 0 Å². The molecule has 1 amide bonds. The maximum Gasteiger partial charge on any atom is 0.417 e. The average molecular weight is 394 g/mol. The maximum absolute atomic E-state index is 14.7. The summed E-state index contributed by atoms with van der Waals surface area (Å²) in [6.45, 7) is 0. The average Bonchev–Trinajstić information content (AvgIpc) is 3.05. The van der Waals surface area contributed by atoms with Gasteiger partial charge < -0.3 is 16.4 Å². The van der Waals surface area contributed by atoms with Crippen molar-refractivity contribution in [3.05, 3.63) is 53.3 Å². The summed E-state index contributed by atoms with van der Waals surface area (Å²) >= 11 is 0. The zero-order chi connectivity index (χ0) is 20.5. The lowest BCUT2D eigenvalue weighted by Gasteiger charge is -2.16. The second-order valence-corrected chi connectivity index (χ2v) is 5.70. The molecule has 0 atom stereocenters. The predicted molar refractivity (Wildman–Crippen MR) is 94.3 cm³/mol. The molecule has 0 fully saturated rings. The summed E-state index contributed by atoms with van der Waals surface area (Å²) in [6, 6.07) is 6.77. The summed E-state index contributed by atoms with van der Waals surface area (Å²) in [5.74, 6) is -1.67. The van der Waals surface area contributed by atoms with Gasteiger partial charge >= 0.3 is 6.18 Å². The topological polar surface area (TPSA) is 109 Å². The quantitative estimate of drug-likeness (QED) is 0.508. The van der Waals surface area contributed by atoms with Gasteiger partial charge in [-0.05, 0) is 29.8 Å². The number of aromatic nitrogens is 3. The Labute approximate surface area is 156 Å². The van der Waals surface area contributed by atoms with Crippen molar-refractivity contribution in [3.8, 4) is 11.1 Å². The van der Waals surface area contributed by atoms with Gasteiger partial charge in [-0.25, -0.2) is 9.49 Å². The van der Waals surface area contributed by atoms with E-state index in [9.17, 15) is 22.4 Å². The smallest absolute Gasteiger partial charge is 0.368 e. The fourth-order valence-electron chi connectivity index (χ4n) is 2.59. The highest BCUT2D eigenvalue weighted by atomic mass is 19.4. The summed E-state index contributed by atoms with van der Waals surface area (Å²) in [6.07, 6.45) is -4.83. The first-order valence-corrected chi connectivity index (χ1v) is 7.87. The Bertz CT molecular complexity index is 1010. The Balaban J connectivity index is 2.06. The molecule has 0 aliphatic carbocycles. The van der Waals surface area contributed by atoms with E-state index in [1.165, 1.54) is 31.3 Å². The minimum Gasteiger partial charge on any atom is -0.368 e. The number of nitrogens with one attached hydrogen (secondary N) is 3. The van der Waals surface area contributed by atoms with Gasteiger partial charge in [0.2, 0.25) is 11.9 Å². The number of nitrogens with zero attached hydrogens (tertiary/aromatic N) is 2. The SMILES string of the molecule is CNC(=O)c1ccc(-c2c(F)cc(Nc3n[nH]c(N)n3)cc2C(F)(F)F)cc1. The molecule has 3 rings (SSSR count). The van der Waals surface area contributed by atoms with E-state index in [1.807, 2.05) is 0 Å². The van der Waals surface area contributed by atoms with Crippen molar-refractivity contribution in [2.24, 2.45) is 0 Å². The van der Waals surface area contributed by atoms with Gasteiger partial charge in [0, 0.05) is 23.9 Å². The van der Waals surface area contributed by atoms with E-state index in [-0.39, 0.29) is 28.7 Å². The lowest BCUT2D eigenvalue weighted by molar-refractivity contribution is -0.137. The van der Waals surface area contributed by atoms with Crippen LogP contribution in [-0.2, 0) is 6.18 Å². The van der Waals surface area contributed by atoms with Crippen molar-refractivity contribution in [2.75, 3.05) is 18.1 Å². The number of carbonyl (C=O) groups excluding carboxylic acids is 1. The molecule has 2 aromatic carbocycles. The van der Waals surface area contributed by atoms with Crippen molar-refractivity contribution in [2.45, 2.75) is 6.18 Å². The van der Waals surface area contributed by atoms with E-state index in [0.717, 1.165) is 12.1 Å². The number of halogens is 4. The third-order valence-corrected chi connectivity index (χ3v) is 3.82. The molecule has 11 heteroatoms. The summed E-state index contributed by atoms with van der Waals surface area (Å²) in [7, 11) is 1.42. The maximum atomic E-state index is 14.7. The van der Waals surface area contributed by atoms with E-state index in [0.29, 0.717) is 0 Å². The summed E-state index contributed by atoms with van der Waals surface area (Å²) in [5.41, 5.74) is 3.55. The monoisotopic (exact) mass is 394 g/mol. The number of benzene rings is 2. The number of anilines is 3. The van der Waals surface area contributed by atoms with Gasteiger partial charge in [0.15, 0.2) is 0 Å². The number of carbonyl (C=O) groups is 1. The Morgan fingerprint density at radius 2 is 1.86 bits per heavy atom. The fraction of sp³-hybridized carbons (Fsp3) is 0.118. The van der Waals surface area contributed by atoms with Gasteiger partial charge in [0.05, 0.1) is 5.56 Å². The zero-order valence-electron chi connectivity index (χ0n) is 14.4. The molecule has 0 saturated carbocycles. The number of rotatable bonds is 4. The second kappa shape index (κ2) is 7.18. The minimum absolute atomic E-state index is 0.0221. The van der Waals surface area contributed by atoms with Gasteiger partial charge in [-0.3, -0.25) is 4.79 Å². The molecule has 0 aliphatic heterocycles. The van der Waals surface area contributed by atoms with Crippen molar-refractivity contribution in [1.29, 1.82) is 0 Å². The normalized spacial score (nSPS) is 11.3. The molecule has 1 aromatic heterocycles. The van der Waals surface area contributed by atoms with Crippen LogP contribution in [0.3, 0.4) is 0 Å². The van der Waals surface area contributed by atoms with Crippen LogP contribution in [0.2, 0.25) is 0 Å². The van der Waals surface area contributed by atoms with Crippen LogP contribution in [0.25, 0.3) is 11.1 Å². The number of amides is 1. The van der Waals surface area contributed by atoms with Crippen molar-refractivity contribution >= 4 is 23.5 Å². The van der Waals surface area contributed by atoms with Gasteiger partial charge in [0.1, 0.15) is 5.82 Å². The Kier molecular flexibility index (Phi) is 4.91. The molecule has 0 bridgehead atoms. The number of alkyl halides is 3. The molecule has 1 heterocycles. The van der Waals surface area contributed by atoms with Crippen LogP contribution in [-0.4, -0.2) is 28.1 Å². The molecule has 0 spiro atoms. The number of H-pyrrole nitrogens is 1. The first-order valence-electron chi connectivity index (χ1n) is 7.87. The molecule has 0 saturated heterocycles. The van der Waals surface area contributed by atoms with Crippen LogP contribution in [0, 0.1) is 5.82 Å². The van der Waals surface area contributed by atoms with Crippen LogP contribution in [0.5, 0.6) is 0 Å². The Hall–Kier alpha value is -3.63. The standard InChI is InChI=1S/C17H14F4N6O/c1-23-14(28)9-4-2-8(3-5-9)13-11(17(19,20)21)6-10(7-12(13)18)24-16-25-15(22)26-27-16/h2-7H,1H3,(H,23,28)(H4,22,24,25,26,27). The fourth-order valence-corrected chi connectivity index (χ4v) is 2.59. The predicted octanol–water partition coefficient (Wildman–Crippen LogP) is 3.32. The van der Waals surface area contributed by atoms with Crippen LogP contribution in [0.15, 0.2) is 36.4 Å². The van der Waals surface area contributed by atoms with E-state index in [4.69, 9.17) is 5.73 Å². The van der Waals surface area contributed by atoms with E-state index < -0.39 is 29.0 Å². The molecular weight excluding hydrogens is 380 g/mol. The summed E-state index contributed by atoms with van der Waals surface area (Å²) < 4.78 is 55.4. The third kappa shape index (κ3) is 3.87. The molecule has 5 N–H and O–H groups in total. The van der Waals surface area contributed by atoms with Crippen LogP contribution in [0.4, 0.5) is 35.1 Å². The highest BCUT2D eigenvalue weighted by Crippen LogP contribution is 2.40. The summed E-state index contributed by atoms with van der Waals surface area (Å²) in [4.78, 5) is 15.3. The number of nitrogen functional groups attached to an aromatic ring is 1. The first-order chi connectivity index (χ1) is 13.2. The largest absolute Gasteiger partial charge is 0.417 e. The first kappa shape index (κ1) is 19.1. The molecule has 28 heavy (non-hydrogen) atoms. The molecule has 146 valence electrons. The molecule has 0 radical (unpaired) electrons. The zero-order valence-corrected chi connectivity index (χ0v) is 14.4. The van der Waals surface area contributed by atoms with E-state index in [2.05, 4.69) is 25.8 Å². The lowest BCUT2D eigenvalue weighted by atomic mass is 9.96. The number of hydrogen-bond donors (Lipinski definition) is 4. The van der Waals surface area contributed by atoms with Crippen LogP contribution < -0.4 is 16.4 Å². The molecule has 0 aliphatic rings. The van der Waals surface area contributed by atoms with Crippen molar-refractivity contribution < 1.29 is 22.4 Å².